The molecule has 50 valence electrons. The van der Waals surface area contributed by atoms with E-state index in [4.69, 9.17) is 5.73 Å². The van der Waals surface area contributed by atoms with Gasteiger partial charge in [0.15, 0.2) is 0 Å². The third-order valence-electron chi connectivity index (χ3n) is 1.55. The highest BCUT2D eigenvalue weighted by molar-refractivity contribution is 4.65. The van der Waals surface area contributed by atoms with Crippen LogP contribution >= 0.6 is 0 Å². The summed E-state index contributed by atoms with van der Waals surface area (Å²) in [4.78, 5) is 0. The van der Waals surface area contributed by atoms with Gasteiger partial charge < -0.3 is 5.73 Å². The van der Waals surface area contributed by atoms with Crippen LogP contribution in [0.1, 0.15) is 20.3 Å². The van der Waals surface area contributed by atoms with Gasteiger partial charge in [0.2, 0.25) is 0 Å². The average Bonchev–Trinajstić information content (AvgIpc) is 1.84. The van der Waals surface area contributed by atoms with Gasteiger partial charge in [-0.3, -0.25) is 0 Å². The SMILES string of the molecule is CCC(C)C(N)CF. The van der Waals surface area contributed by atoms with Crippen molar-refractivity contribution in [1.29, 1.82) is 0 Å². The van der Waals surface area contributed by atoms with Gasteiger partial charge in [-0.05, 0) is 5.92 Å². The summed E-state index contributed by atoms with van der Waals surface area (Å²) < 4.78 is 11.7. The third-order valence-corrected chi connectivity index (χ3v) is 1.55. The molecule has 2 N–H and O–H groups in total. The molecule has 0 saturated heterocycles. The fourth-order valence-corrected chi connectivity index (χ4v) is 0.455. The Morgan fingerprint density at radius 3 is 2.25 bits per heavy atom. The molecular weight excluding hydrogens is 105 g/mol. The largest absolute Gasteiger partial charge is 0.325 e. The van der Waals surface area contributed by atoms with E-state index in [1.165, 1.54) is 0 Å². The number of hydrogen-bond donors (Lipinski definition) is 1. The minimum atomic E-state index is -0.394. The van der Waals surface area contributed by atoms with Gasteiger partial charge in [0.1, 0.15) is 6.67 Å². The molecule has 0 aliphatic rings. The fourth-order valence-electron chi connectivity index (χ4n) is 0.455. The molecule has 0 aliphatic carbocycles. The maximum atomic E-state index is 11.7. The van der Waals surface area contributed by atoms with Gasteiger partial charge in [-0.25, -0.2) is 4.39 Å². The molecule has 0 aromatic carbocycles. The van der Waals surface area contributed by atoms with Crippen LogP contribution in [-0.2, 0) is 0 Å². The lowest BCUT2D eigenvalue weighted by Crippen LogP contribution is -2.29. The number of rotatable bonds is 3. The van der Waals surface area contributed by atoms with Crippen molar-refractivity contribution in [1.82, 2.24) is 0 Å². The third kappa shape index (κ3) is 2.26. The highest BCUT2D eigenvalue weighted by Gasteiger charge is 2.08. The maximum Gasteiger partial charge on any atom is 0.105 e. The summed E-state index contributed by atoms with van der Waals surface area (Å²) >= 11 is 0. The Bertz CT molecular complexity index is 48.5. The molecule has 0 saturated carbocycles. The van der Waals surface area contributed by atoms with E-state index < -0.39 is 6.67 Å². The molecule has 0 heterocycles. The molecular formula is C6H14FN. The summed E-state index contributed by atoms with van der Waals surface area (Å²) in [6, 6.07) is -0.250. The van der Waals surface area contributed by atoms with Gasteiger partial charge in [-0.15, -0.1) is 0 Å². The molecule has 0 aromatic rings. The van der Waals surface area contributed by atoms with Crippen LogP contribution < -0.4 is 5.73 Å². The molecule has 0 spiro atoms. The molecule has 0 fully saturated rings. The molecule has 0 rings (SSSR count). The van der Waals surface area contributed by atoms with Gasteiger partial charge in [-0.1, -0.05) is 20.3 Å². The summed E-state index contributed by atoms with van der Waals surface area (Å²) in [6.45, 7) is 3.58. The van der Waals surface area contributed by atoms with Crippen LogP contribution in [-0.4, -0.2) is 12.7 Å². The zero-order valence-corrected chi connectivity index (χ0v) is 5.52. The quantitative estimate of drug-likeness (QED) is 0.596. The Hall–Kier alpha value is -0.110. The van der Waals surface area contributed by atoms with E-state index in [1.54, 1.807) is 0 Å². The van der Waals surface area contributed by atoms with E-state index in [-0.39, 0.29) is 6.04 Å². The van der Waals surface area contributed by atoms with Gasteiger partial charge in [0, 0.05) is 6.04 Å². The second-order valence-corrected chi connectivity index (χ2v) is 2.20. The first-order valence-corrected chi connectivity index (χ1v) is 3.03. The number of nitrogens with two attached hydrogens (primary N) is 1. The lowest BCUT2D eigenvalue weighted by atomic mass is 10.0. The standard InChI is InChI=1S/C6H14FN/c1-3-5(2)6(8)4-7/h5-6H,3-4,8H2,1-2H3. The van der Waals surface area contributed by atoms with Crippen LogP contribution in [0.5, 0.6) is 0 Å². The van der Waals surface area contributed by atoms with Crippen LogP contribution in [0.2, 0.25) is 0 Å². The Labute approximate surface area is 50.1 Å². The maximum absolute atomic E-state index is 11.7. The van der Waals surface area contributed by atoms with Gasteiger partial charge >= 0.3 is 0 Å². The summed E-state index contributed by atoms with van der Waals surface area (Å²) in [5.41, 5.74) is 5.35. The van der Waals surface area contributed by atoms with Gasteiger partial charge in [-0.2, -0.15) is 0 Å². The molecule has 2 heteroatoms. The Morgan fingerprint density at radius 2 is 2.12 bits per heavy atom. The zero-order valence-electron chi connectivity index (χ0n) is 5.52. The minimum absolute atomic E-state index is 0.250. The molecule has 2 unspecified atom stereocenters. The van der Waals surface area contributed by atoms with Crippen molar-refractivity contribution in [2.24, 2.45) is 11.7 Å². The first-order chi connectivity index (χ1) is 3.72. The van der Waals surface area contributed by atoms with Crippen molar-refractivity contribution < 1.29 is 4.39 Å². The normalized spacial score (nSPS) is 18.0. The van der Waals surface area contributed by atoms with Crippen LogP contribution in [0.25, 0.3) is 0 Å². The minimum Gasteiger partial charge on any atom is -0.325 e. The van der Waals surface area contributed by atoms with Crippen molar-refractivity contribution in [2.45, 2.75) is 26.3 Å². The first kappa shape index (κ1) is 7.89. The molecule has 2 atom stereocenters. The molecule has 0 radical (unpaired) electrons. The summed E-state index contributed by atoms with van der Waals surface area (Å²) in [5.74, 6) is 0.319. The fraction of sp³-hybridized carbons (Fsp3) is 1.00. The van der Waals surface area contributed by atoms with Crippen LogP contribution in [0.3, 0.4) is 0 Å². The van der Waals surface area contributed by atoms with Gasteiger partial charge in [0.05, 0.1) is 0 Å². The molecule has 8 heavy (non-hydrogen) atoms. The van der Waals surface area contributed by atoms with Gasteiger partial charge in [0.25, 0.3) is 0 Å². The van der Waals surface area contributed by atoms with Crippen molar-refractivity contribution in [3.8, 4) is 0 Å². The molecule has 1 nitrogen and oxygen atoms in total. The summed E-state index contributed by atoms with van der Waals surface area (Å²) in [7, 11) is 0. The smallest absolute Gasteiger partial charge is 0.105 e. The van der Waals surface area contributed by atoms with E-state index in [0.29, 0.717) is 5.92 Å². The molecule has 0 aromatic heterocycles. The lowest BCUT2D eigenvalue weighted by Gasteiger charge is -2.12. The van der Waals surface area contributed by atoms with E-state index in [9.17, 15) is 4.39 Å². The predicted molar refractivity (Wildman–Crippen MR) is 33.4 cm³/mol. The predicted octanol–water partition coefficient (Wildman–Crippen LogP) is 1.33. The van der Waals surface area contributed by atoms with E-state index >= 15 is 0 Å². The highest BCUT2D eigenvalue weighted by atomic mass is 19.1. The summed E-state index contributed by atoms with van der Waals surface area (Å²) in [5, 5.41) is 0. The first-order valence-electron chi connectivity index (χ1n) is 3.03. The van der Waals surface area contributed by atoms with Crippen molar-refractivity contribution >= 4 is 0 Å². The number of hydrogen-bond acceptors (Lipinski definition) is 1. The average molecular weight is 119 g/mol. The number of alkyl halides is 1. The number of halogens is 1. The Balaban J connectivity index is 3.29. The zero-order chi connectivity index (χ0) is 6.57. The Kier molecular flexibility index (Phi) is 3.79. The van der Waals surface area contributed by atoms with E-state index in [0.717, 1.165) is 6.42 Å². The lowest BCUT2D eigenvalue weighted by molar-refractivity contribution is 0.343. The van der Waals surface area contributed by atoms with Crippen LogP contribution in [0.15, 0.2) is 0 Å². The van der Waals surface area contributed by atoms with Crippen molar-refractivity contribution in [3.63, 3.8) is 0 Å². The molecule has 0 bridgehead atoms. The highest BCUT2D eigenvalue weighted by Crippen LogP contribution is 2.04. The molecule has 0 aliphatic heterocycles. The van der Waals surface area contributed by atoms with Crippen LogP contribution in [0, 0.1) is 5.92 Å². The topological polar surface area (TPSA) is 26.0 Å². The van der Waals surface area contributed by atoms with E-state index in [2.05, 4.69) is 0 Å². The van der Waals surface area contributed by atoms with Crippen molar-refractivity contribution in [3.05, 3.63) is 0 Å². The van der Waals surface area contributed by atoms with Crippen LogP contribution in [0.4, 0.5) is 4.39 Å². The van der Waals surface area contributed by atoms with E-state index in [1.807, 2.05) is 13.8 Å². The second kappa shape index (κ2) is 3.84. The molecule has 0 amide bonds. The summed E-state index contributed by atoms with van der Waals surface area (Å²) in [6.07, 6.45) is 0.963. The second-order valence-electron chi connectivity index (χ2n) is 2.20. The van der Waals surface area contributed by atoms with Crippen molar-refractivity contribution in [2.75, 3.05) is 6.67 Å². The monoisotopic (exact) mass is 119 g/mol. The Morgan fingerprint density at radius 1 is 1.62 bits per heavy atom.